The molecule has 2 amide bonds. The number of nitrogens with one attached hydrogen (secondary N) is 2. The van der Waals surface area contributed by atoms with Crippen LogP contribution in [0, 0.1) is 0 Å². The maximum Gasteiger partial charge on any atom is 0.336 e. The Labute approximate surface area is 170 Å². The van der Waals surface area contributed by atoms with E-state index in [0.29, 0.717) is 38.8 Å². The van der Waals surface area contributed by atoms with E-state index in [4.69, 9.17) is 0 Å². The third-order valence-corrected chi connectivity index (χ3v) is 5.10. The number of carbonyl (C=O) groups excluding carboxylic acids is 2. The Balaban J connectivity index is 1.55. The fourth-order valence-electron chi connectivity index (χ4n) is 2.70. The number of hydrogen-bond acceptors (Lipinski definition) is 6. The summed E-state index contributed by atoms with van der Waals surface area (Å²) in [5.74, 6) is -0.872. The summed E-state index contributed by atoms with van der Waals surface area (Å²) in [7, 11) is 0. The van der Waals surface area contributed by atoms with Gasteiger partial charge in [-0.05, 0) is 53.3 Å². The highest BCUT2D eigenvalue weighted by molar-refractivity contribution is 7.10. The van der Waals surface area contributed by atoms with Gasteiger partial charge in [0.15, 0.2) is 0 Å². The molecule has 0 atom stereocenters. The van der Waals surface area contributed by atoms with Gasteiger partial charge in [0.2, 0.25) is 11.7 Å². The van der Waals surface area contributed by atoms with Crippen molar-refractivity contribution < 1.29 is 19.9 Å². The van der Waals surface area contributed by atoms with Crippen molar-refractivity contribution in [2.75, 3.05) is 11.9 Å². The Morgan fingerprint density at radius 3 is 2.28 bits per heavy atom. The Hall–Kier alpha value is -3.59. The molecule has 29 heavy (non-hydrogen) atoms. The van der Waals surface area contributed by atoms with Gasteiger partial charge in [0.1, 0.15) is 4.88 Å². The van der Waals surface area contributed by atoms with Crippen molar-refractivity contribution in [1.82, 2.24) is 9.44 Å². The van der Waals surface area contributed by atoms with Crippen molar-refractivity contribution in [2.24, 2.45) is 0 Å². The molecule has 0 aliphatic carbocycles. The summed E-state index contributed by atoms with van der Waals surface area (Å²) in [6, 6.07) is 13.7. The predicted octanol–water partition coefficient (Wildman–Crippen LogP) is 2.45. The lowest BCUT2D eigenvalue weighted by atomic mass is 10.1. The van der Waals surface area contributed by atoms with Crippen LogP contribution in [0.3, 0.4) is 0 Å². The van der Waals surface area contributed by atoms with E-state index in [0.717, 1.165) is 17.1 Å². The van der Waals surface area contributed by atoms with Gasteiger partial charge in [-0.1, -0.05) is 28.4 Å². The quantitative estimate of drug-likeness (QED) is 0.463. The van der Waals surface area contributed by atoms with Crippen molar-refractivity contribution in [3.05, 3.63) is 70.0 Å². The van der Waals surface area contributed by atoms with Crippen LogP contribution in [0.1, 0.15) is 22.8 Å². The number of hydrogen-bond donors (Lipinski definition) is 4. The second kappa shape index (κ2) is 8.61. The second-order valence-electron chi connectivity index (χ2n) is 6.31. The number of amides is 2. The van der Waals surface area contributed by atoms with Crippen LogP contribution in [0.15, 0.2) is 53.3 Å². The highest BCUT2D eigenvalue weighted by Gasteiger charge is 2.15. The van der Waals surface area contributed by atoms with Gasteiger partial charge < -0.3 is 20.9 Å². The molecule has 9 heteroatoms. The van der Waals surface area contributed by atoms with E-state index in [1.54, 1.807) is 36.4 Å². The van der Waals surface area contributed by atoms with Crippen LogP contribution in [0.25, 0.3) is 10.4 Å². The predicted molar refractivity (Wildman–Crippen MR) is 110 cm³/mol. The van der Waals surface area contributed by atoms with Crippen LogP contribution in [-0.4, -0.2) is 32.8 Å². The lowest BCUT2D eigenvalue weighted by Crippen LogP contribution is -2.25. The van der Waals surface area contributed by atoms with Gasteiger partial charge in [-0.25, -0.2) is 0 Å². The van der Waals surface area contributed by atoms with Crippen LogP contribution in [0.5, 0.6) is 5.75 Å². The first kappa shape index (κ1) is 20.2. The van der Waals surface area contributed by atoms with Gasteiger partial charge in [0.05, 0.1) is 0 Å². The summed E-state index contributed by atoms with van der Waals surface area (Å²) in [5, 5.41) is 24.6. The van der Waals surface area contributed by atoms with Crippen LogP contribution in [0.4, 0.5) is 5.69 Å². The Kier molecular flexibility index (Phi) is 5.99. The van der Waals surface area contributed by atoms with Gasteiger partial charge in [0.25, 0.3) is 5.91 Å². The number of nitrogens with zero attached hydrogens (tertiary/aromatic N) is 1. The number of rotatable bonds is 6. The van der Waals surface area contributed by atoms with E-state index in [1.807, 2.05) is 12.1 Å². The molecular weight excluding hydrogens is 394 g/mol. The van der Waals surface area contributed by atoms with Gasteiger partial charge in [-0.15, -0.1) is 0 Å². The number of benzene rings is 2. The van der Waals surface area contributed by atoms with Crippen molar-refractivity contribution in [2.45, 2.75) is 13.3 Å². The summed E-state index contributed by atoms with van der Waals surface area (Å²) < 4.78 is 0.386. The number of anilines is 1. The van der Waals surface area contributed by atoms with Crippen molar-refractivity contribution >= 4 is 29.0 Å². The average Bonchev–Trinajstić information content (AvgIpc) is 2.96. The first-order valence-corrected chi connectivity index (χ1v) is 9.52. The van der Waals surface area contributed by atoms with E-state index >= 15 is 0 Å². The first-order chi connectivity index (χ1) is 13.8. The zero-order chi connectivity index (χ0) is 21.0. The highest BCUT2D eigenvalue weighted by atomic mass is 32.1. The molecule has 1 aromatic heterocycles. The van der Waals surface area contributed by atoms with E-state index in [1.165, 1.54) is 6.92 Å². The zero-order valence-electron chi connectivity index (χ0n) is 15.5. The van der Waals surface area contributed by atoms with Gasteiger partial charge in [-0.2, -0.15) is 0 Å². The maximum absolute atomic E-state index is 12.2. The van der Waals surface area contributed by atoms with Gasteiger partial charge >= 0.3 is 5.56 Å². The Morgan fingerprint density at radius 2 is 1.72 bits per heavy atom. The molecule has 0 aliphatic heterocycles. The van der Waals surface area contributed by atoms with E-state index in [-0.39, 0.29) is 11.8 Å². The largest absolute Gasteiger partial charge is 0.502 e. The minimum Gasteiger partial charge on any atom is -0.502 e. The van der Waals surface area contributed by atoms with Crippen LogP contribution in [-0.2, 0) is 11.2 Å². The SMILES string of the molecule is CC(=O)Nc1ccc(C(=O)NCCc2ccc(-c3sn(O)c(=O)c3O)cc2)cc1. The molecule has 0 unspecified atom stereocenters. The summed E-state index contributed by atoms with van der Waals surface area (Å²) in [6.45, 7) is 1.84. The molecule has 0 spiro atoms. The molecule has 0 saturated heterocycles. The molecule has 0 fully saturated rings. The van der Waals surface area contributed by atoms with Crippen LogP contribution in [0.2, 0.25) is 0 Å². The van der Waals surface area contributed by atoms with Gasteiger partial charge in [0, 0.05) is 24.7 Å². The Bertz CT molecular complexity index is 1080. The van der Waals surface area contributed by atoms with Crippen molar-refractivity contribution in [1.29, 1.82) is 0 Å². The summed E-state index contributed by atoms with van der Waals surface area (Å²) in [6.07, 6.45) is 0.596. The van der Waals surface area contributed by atoms with Crippen LogP contribution >= 0.6 is 11.5 Å². The highest BCUT2D eigenvalue weighted by Crippen LogP contribution is 2.30. The number of carbonyl (C=O) groups is 2. The Morgan fingerprint density at radius 1 is 1.07 bits per heavy atom. The minimum absolute atomic E-state index is 0.175. The molecule has 0 bridgehead atoms. The molecule has 150 valence electrons. The fraction of sp³-hybridized carbons (Fsp3) is 0.150. The topological polar surface area (TPSA) is 121 Å². The summed E-state index contributed by atoms with van der Waals surface area (Å²) >= 11 is 0.753. The third-order valence-electron chi connectivity index (χ3n) is 4.15. The second-order valence-corrected chi connectivity index (χ2v) is 7.25. The van der Waals surface area contributed by atoms with Crippen LogP contribution < -0.4 is 16.2 Å². The molecule has 0 radical (unpaired) electrons. The number of aromatic nitrogens is 1. The molecular formula is C20H19N3O5S. The van der Waals surface area contributed by atoms with E-state index in [2.05, 4.69) is 10.6 Å². The smallest absolute Gasteiger partial charge is 0.336 e. The van der Waals surface area contributed by atoms with Crippen molar-refractivity contribution in [3.63, 3.8) is 0 Å². The first-order valence-electron chi connectivity index (χ1n) is 8.75. The molecule has 1 heterocycles. The number of aromatic hydroxyl groups is 1. The van der Waals surface area contributed by atoms with E-state index < -0.39 is 11.3 Å². The third kappa shape index (κ3) is 4.82. The lowest BCUT2D eigenvalue weighted by Gasteiger charge is -2.07. The maximum atomic E-state index is 12.2. The summed E-state index contributed by atoms with van der Waals surface area (Å²) in [4.78, 5) is 34.9. The molecule has 2 aromatic carbocycles. The van der Waals surface area contributed by atoms with Crippen molar-refractivity contribution in [3.8, 4) is 16.2 Å². The van der Waals surface area contributed by atoms with Gasteiger partial charge in [-0.3, -0.25) is 14.4 Å². The average molecular weight is 413 g/mol. The molecule has 3 rings (SSSR count). The molecule has 0 saturated carbocycles. The zero-order valence-corrected chi connectivity index (χ0v) is 16.3. The monoisotopic (exact) mass is 413 g/mol. The molecule has 8 nitrogen and oxygen atoms in total. The standard InChI is InChI=1S/C20H19N3O5S/c1-12(24)22-16-8-6-15(7-9-16)19(26)21-11-10-13-2-4-14(5-3-13)18-17(25)20(27)23(28)29-18/h2-9,25,28H,10-11H2,1H3,(H,21,26)(H,22,24). The summed E-state index contributed by atoms with van der Waals surface area (Å²) in [5.41, 5.74) is 1.85. The normalized spacial score (nSPS) is 10.5. The lowest BCUT2D eigenvalue weighted by molar-refractivity contribution is -0.114. The minimum atomic E-state index is -0.845. The molecule has 3 aromatic rings. The molecule has 4 N–H and O–H groups in total. The fourth-order valence-corrected chi connectivity index (χ4v) is 3.46. The molecule has 0 aliphatic rings. The van der Waals surface area contributed by atoms with E-state index in [9.17, 15) is 24.7 Å².